The number of carbonyl (C=O) groups excluding carboxylic acids is 1. The molecule has 0 bridgehead atoms. The molecule has 0 saturated heterocycles. The standard InChI is InChI=1S/C20H21NO2.ClH/c1-20(2,19(22)23-3)18(21)17-12-13-8-4-5-9-14(13)15-10-6-7-11-16(15)17;/h4-12,18H,21H2,1-3H3;1H/t18-;/m0./s1. The molecule has 0 radical (unpaired) electrons. The Morgan fingerprint density at radius 2 is 1.54 bits per heavy atom. The van der Waals surface area contributed by atoms with E-state index in [2.05, 4.69) is 30.3 Å². The van der Waals surface area contributed by atoms with Crippen molar-refractivity contribution in [2.24, 2.45) is 11.1 Å². The Morgan fingerprint density at radius 3 is 2.17 bits per heavy atom. The van der Waals surface area contributed by atoms with Crippen molar-refractivity contribution >= 4 is 39.9 Å². The first-order valence-electron chi connectivity index (χ1n) is 7.71. The molecule has 0 fully saturated rings. The molecule has 1 atom stereocenters. The highest BCUT2D eigenvalue weighted by molar-refractivity contribution is 6.09. The summed E-state index contributed by atoms with van der Waals surface area (Å²) in [5.41, 5.74) is 6.67. The lowest BCUT2D eigenvalue weighted by Crippen LogP contribution is -2.37. The van der Waals surface area contributed by atoms with E-state index in [4.69, 9.17) is 10.5 Å². The molecule has 0 aliphatic carbocycles. The van der Waals surface area contributed by atoms with Gasteiger partial charge in [0, 0.05) is 6.04 Å². The number of rotatable bonds is 3. The fourth-order valence-corrected chi connectivity index (χ4v) is 3.12. The van der Waals surface area contributed by atoms with Crippen molar-refractivity contribution in [1.29, 1.82) is 0 Å². The van der Waals surface area contributed by atoms with Gasteiger partial charge >= 0.3 is 5.97 Å². The van der Waals surface area contributed by atoms with Gasteiger partial charge < -0.3 is 10.5 Å². The molecule has 2 N–H and O–H groups in total. The quantitative estimate of drug-likeness (QED) is 0.558. The van der Waals surface area contributed by atoms with E-state index in [-0.39, 0.29) is 18.4 Å². The number of hydrogen-bond donors (Lipinski definition) is 1. The zero-order chi connectivity index (χ0) is 16.6. The summed E-state index contributed by atoms with van der Waals surface area (Å²) in [6, 6.07) is 18.0. The maximum Gasteiger partial charge on any atom is 0.313 e. The van der Waals surface area contributed by atoms with Gasteiger partial charge in [0.25, 0.3) is 0 Å². The Balaban J connectivity index is 0.00000208. The zero-order valence-electron chi connectivity index (χ0n) is 14.1. The van der Waals surface area contributed by atoms with Crippen molar-refractivity contribution in [1.82, 2.24) is 0 Å². The summed E-state index contributed by atoms with van der Waals surface area (Å²) in [5.74, 6) is -0.303. The second-order valence-electron chi connectivity index (χ2n) is 6.42. The predicted octanol–water partition coefficient (Wildman–Crippen LogP) is 4.61. The first kappa shape index (κ1) is 18.2. The molecular weight excluding hydrogens is 322 g/mol. The Kier molecular flexibility index (Phi) is 5.16. The molecule has 0 heterocycles. The molecule has 3 rings (SSSR count). The number of fused-ring (bicyclic) bond motifs is 3. The number of esters is 1. The van der Waals surface area contributed by atoms with Crippen LogP contribution in [0.5, 0.6) is 0 Å². The third kappa shape index (κ3) is 2.85. The van der Waals surface area contributed by atoms with Gasteiger partial charge in [-0.2, -0.15) is 0 Å². The van der Waals surface area contributed by atoms with Crippen LogP contribution in [0.15, 0.2) is 54.6 Å². The van der Waals surface area contributed by atoms with Crippen molar-refractivity contribution < 1.29 is 9.53 Å². The number of hydrogen-bond acceptors (Lipinski definition) is 3. The van der Waals surface area contributed by atoms with Crippen LogP contribution in [0.1, 0.15) is 25.5 Å². The summed E-state index contributed by atoms with van der Waals surface area (Å²) in [7, 11) is 1.40. The number of carbonyl (C=O) groups is 1. The molecule has 0 saturated carbocycles. The molecular formula is C20H22ClNO2. The van der Waals surface area contributed by atoms with Crippen molar-refractivity contribution in [3.8, 4) is 0 Å². The van der Waals surface area contributed by atoms with Gasteiger partial charge in [0.15, 0.2) is 0 Å². The zero-order valence-corrected chi connectivity index (χ0v) is 14.9. The van der Waals surface area contributed by atoms with Gasteiger partial charge in [-0.25, -0.2) is 0 Å². The number of ether oxygens (including phenoxy) is 1. The average molecular weight is 344 g/mol. The van der Waals surface area contributed by atoms with Crippen LogP contribution >= 0.6 is 12.4 Å². The highest BCUT2D eigenvalue weighted by Crippen LogP contribution is 2.38. The highest BCUT2D eigenvalue weighted by atomic mass is 35.5. The van der Waals surface area contributed by atoms with E-state index in [0.29, 0.717) is 0 Å². The van der Waals surface area contributed by atoms with Crippen molar-refractivity contribution in [2.45, 2.75) is 19.9 Å². The Labute approximate surface area is 148 Å². The van der Waals surface area contributed by atoms with Crippen LogP contribution < -0.4 is 5.73 Å². The molecule has 3 aromatic rings. The van der Waals surface area contributed by atoms with Crippen LogP contribution in [-0.4, -0.2) is 13.1 Å². The monoisotopic (exact) mass is 343 g/mol. The fraction of sp³-hybridized carbons (Fsp3) is 0.250. The molecule has 0 spiro atoms. The van der Waals surface area contributed by atoms with Crippen LogP contribution in [0.25, 0.3) is 21.5 Å². The first-order valence-corrected chi connectivity index (χ1v) is 7.71. The van der Waals surface area contributed by atoms with Crippen LogP contribution in [0.3, 0.4) is 0 Å². The minimum Gasteiger partial charge on any atom is -0.469 e. The topological polar surface area (TPSA) is 52.3 Å². The molecule has 0 aliphatic heterocycles. The van der Waals surface area contributed by atoms with Gasteiger partial charge in [0.1, 0.15) is 0 Å². The number of benzene rings is 3. The maximum absolute atomic E-state index is 12.1. The summed E-state index contributed by atoms with van der Waals surface area (Å²) in [5, 5.41) is 4.54. The van der Waals surface area contributed by atoms with Gasteiger partial charge in [0.05, 0.1) is 12.5 Å². The molecule has 0 unspecified atom stereocenters. The van der Waals surface area contributed by atoms with E-state index in [1.54, 1.807) is 0 Å². The molecule has 3 aromatic carbocycles. The molecule has 4 heteroatoms. The minimum absolute atomic E-state index is 0. The van der Waals surface area contributed by atoms with Crippen molar-refractivity contribution in [2.75, 3.05) is 7.11 Å². The molecule has 24 heavy (non-hydrogen) atoms. The largest absolute Gasteiger partial charge is 0.469 e. The van der Waals surface area contributed by atoms with Gasteiger partial charge in [-0.05, 0) is 47.0 Å². The fourth-order valence-electron chi connectivity index (χ4n) is 3.12. The van der Waals surface area contributed by atoms with E-state index in [1.807, 2.05) is 38.1 Å². The van der Waals surface area contributed by atoms with Crippen LogP contribution in [0.2, 0.25) is 0 Å². The Hall–Kier alpha value is -2.10. The SMILES string of the molecule is COC(=O)C(C)(C)[C@@H](N)c1cc2ccccc2c2ccccc12.Cl. The summed E-state index contributed by atoms with van der Waals surface area (Å²) in [6.45, 7) is 3.65. The Bertz CT molecular complexity index is 889. The summed E-state index contributed by atoms with van der Waals surface area (Å²) in [6.07, 6.45) is 0. The lowest BCUT2D eigenvalue weighted by atomic mass is 9.79. The van der Waals surface area contributed by atoms with E-state index in [1.165, 1.54) is 12.5 Å². The van der Waals surface area contributed by atoms with Gasteiger partial charge in [-0.15, -0.1) is 12.4 Å². The smallest absolute Gasteiger partial charge is 0.313 e. The van der Waals surface area contributed by atoms with E-state index in [0.717, 1.165) is 21.7 Å². The molecule has 0 aromatic heterocycles. The van der Waals surface area contributed by atoms with E-state index >= 15 is 0 Å². The lowest BCUT2D eigenvalue weighted by Gasteiger charge is -2.30. The maximum atomic E-state index is 12.1. The van der Waals surface area contributed by atoms with E-state index in [9.17, 15) is 4.79 Å². The van der Waals surface area contributed by atoms with Gasteiger partial charge in [-0.1, -0.05) is 48.5 Å². The predicted molar refractivity (Wildman–Crippen MR) is 101 cm³/mol. The molecule has 3 nitrogen and oxygen atoms in total. The highest BCUT2D eigenvalue weighted by Gasteiger charge is 2.37. The van der Waals surface area contributed by atoms with Gasteiger partial charge in [-0.3, -0.25) is 4.79 Å². The Morgan fingerprint density at radius 1 is 1.00 bits per heavy atom. The van der Waals surface area contributed by atoms with Gasteiger partial charge in [0.2, 0.25) is 0 Å². The summed E-state index contributed by atoms with van der Waals surface area (Å²) < 4.78 is 4.94. The second-order valence-corrected chi connectivity index (χ2v) is 6.42. The molecule has 0 amide bonds. The normalized spacial score (nSPS) is 12.7. The third-order valence-electron chi connectivity index (χ3n) is 4.62. The molecule has 126 valence electrons. The number of halogens is 1. The first-order chi connectivity index (χ1) is 11.0. The van der Waals surface area contributed by atoms with Crippen LogP contribution in [-0.2, 0) is 9.53 Å². The average Bonchev–Trinajstić information content (AvgIpc) is 2.59. The second kappa shape index (κ2) is 6.80. The van der Waals surface area contributed by atoms with Crippen LogP contribution in [0, 0.1) is 5.41 Å². The minimum atomic E-state index is -0.806. The molecule has 0 aliphatic rings. The number of nitrogens with two attached hydrogens (primary N) is 1. The van der Waals surface area contributed by atoms with Crippen LogP contribution in [0.4, 0.5) is 0 Å². The van der Waals surface area contributed by atoms with Crippen molar-refractivity contribution in [3.05, 3.63) is 60.2 Å². The number of methoxy groups -OCH3 is 1. The third-order valence-corrected chi connectivity index (χ3v) is 4.62. The summed E-state index contributed by atoms with van der Waals surface area (Å²) >= 11 is 0. The van der Waals surface area contributed by atoms with Crippen molar-refractivity contribution in [3.63, 3.8) is 0 Å². The summed E-state index contributed by atoms with van der Waals surface area (Å²) in [4.78, 5) is 12.1. The lowest BCUT2D eigenvalue weighted by molar-refractivity contribution is -0.152. The van der Waals surface area contributed by atoms with E-state index < -0.39 is 11.5 Å².